The van der Waals surface area contributed by atoms with E-state index in [2.05, 4.69) is 9.98 Å². The summed E-state index contributed by atoms with van der Waals surface area (Å²) in [5.41, 5.74) is 1.09. The van der Waals surface area contributed by atoms with Crippen LogP contribution in [-0.4, -0.2) is 54.3 Å². The van der Waals surface area contributed by atoms with Crippen LogP contribution in [0.5, 0.6) is 0 Å². The van der Waals surface area contributed by atoms with Crippen molar-refractivity contribution in [3.05, 3.63) is 41.8 Å². The number of benzene rings is 1. The molecule has 0 N–H and O–H groups in total. The van der Waals surface area contributed by atoms with Gasteiger partial charge in [0.1, 0.15) is 0 Å². The highest BCUT2D eigenvalue weighted by Crippen LogP contribution is 2.26. The van der Waals surface area contributed by atoms with Gasteiger partial charge < -0.3 is 9.32 Å². The number of fused-ring (bicyclic) bond motifs is 1. The Morgan fingerprint density at radius 3 is 2.65 bits per heavy atom. The molecule has 6 heteroatoms. The molecule has 6 nitrogen and oxygen atoms in total. The summed E-state index contributed by atoms with van der Waals surface area (Å²) in [6, 6.07) is 9.20. The topological polar surface area (TPSA) is 75.8 Å². The lowest BCUT2D eigenvalue weighted by molar-refractivity contribution is 0.0949. The van der Waals surface area contributed by atoms with Gasteiger partial charge in [-0.1, -0.05) is 18.2 Å². The van der Waals surface area contributed by atoms with E-state index in [0.717, 1.165) is 5.56 Å². The number of Topliss-reactive ketones (excluding diaryl/α,β-unsaturated/α-hetero) is 2. The third-order valence-electron chi connectivity index (χ3n) is 3.56. The summed E-state index contributed by atoms with van der Waals surface area (Å²) in [5.74, 6) is -0.280. The fourth-order valence-corrected chi connectivity index (χ4v) is 2.33. The minimum atomic E-state index is -0.340. The van der Waals surface area contributed by atoms with Gasteiger partial charge in [0, 0.05) is 12.1 Å². The van der Waals surface area contributed by atoms with Gasteiger partial charge in [0.2, 0.25) is 17.4 Å². The number of rotatable bonds is 4. The zero-order chi connectivity index (χ0) is 16.4. The number of carbonyl (C=O) groups excluding carboxylic acids is 2. The van der Waals surface area contributed by atoms with Gasteiger partial charge in [0.15, 0.2) is 11.5 Å². The second kappa shape index (κ2) is 6.26. The Balaban J connectivity index is 1.91. The SMILES string of the molecule is CN(C)CCN=C1CC(=O)c2nc(-c3ccccc3)oc2C1=O. The molecule has 0 amide bonds. The molecule has 2 aromatic rings. The summed E-state index contributed by atoms with van der Waals surface area (Å²) in [6.07, 6.45) is -0.0139. The Kier molecular flexibility index (Phi) is 4.16. The van der Waals surface area contributed by atoms with Crippen molar-refractivity contribution in [3.8, 4) is 11.5 Å². The molecule has 0 saturated carbocycles. The fraction of sp³-hybridized carbons (Fsp3) is 0.294. The van der Waals surface area contributed by atoms with Crippen LogP contribution in [0.1, 0.15) is 27.5 Å². The third-order valence-corrected chi connectivity index (χ3v) is 3.56. The first kappa shape index (κ1) is 15.3. The Hall–Kier alpha value is -2.60. The first-order chi connectivity index (χ1) is 11.1. The molecule has 0 aliphatic heterocycles. The highest BCUT2D eigenvalue weighted by molar-refractivity contribution is 6.51. The molecule has 1 aromatic carbocycles. The summed E-state index contributed by atoms with van der Waals surface area (Å²) < 4.78 is 5.56. The van der Waals surface area contributed by atoms with Crippen molar-refractivity contribution in [1.82, 2.24) is 9.88 Å². The van der Waals surface area contributed by atoms with E-state index >= 15 is 0 Å². The predicted octanol–water partition coefficient (Wildman–Crippen LogP) is 2.11. The number of aliphatic imine (C=N–C) groups is 1. The monoisotopic (exact) mass is 311 g/mol. The maximum atomic E-state index is 12.5. The molecule has 1 heterocycles. The lowest BCUT2D eigenvalue weighted by Crippen LogP contribution is -2.27. The average molecular weight is 311 g/mol. The van der Waals surface area contributed by atoms with Crippen LogP contribution < -0.4 is 0 Å². The number of nitrogens with zero attached hydrogens (tertiary/aromatic N) is 3. The summed E-state index contributed by atoms with van der Waals surface area (Å²) in [5, 5.41) is 0. The molecular formula is C17H17N3O3. The van der Waals surface area contributed by atoms with E-state index in [4.69, 9.17) is 4.42 Å². The van der Waals surface area contributed by atoms with E-state index in [0.29, 0.717) is 13.1 Å². The third kappa shape index (κ3) is 3.12. The normalized spacial score (nSPS) is 16.2. The molecule has 118 valence electrons. The van der Waals surface area contributed by atoms with Crippen molar-refractivity contribution in [2.75, 3.05) is 27.2 Å². The molecule has 3 rings (SSSR count). The van der Waals surface area contributed by atoms with Crippen LogP contribution >= 0.6 is 0 Å². The van der Waals surface area contributed by atoms with Crippen molar-refractivity contribution in [3.63, 3.8) is 0 Å². The zero-order valence-electron chi connectivity index (χ0n) is 13.1. The molecule has 0 spiro atoms. The van der Waals surface area contributed by atoms with Crippen LogP contribution in [0.3, 0.4) is 0 Å². The molecule has 0 fully saturated rings. The molecule has 0 saturated heterocycles. The minimum absolute atomic E-state index is 0.00343. The summed E-state index contributed by atoms with van der Waals surface area (Å²) in [4.78, 5) is 35.1. The van der Waals surface area contributed by atoms with Crippen LogP contribution in [0.15, 0.2) is 39.7 Å². The maximum absolute atomic E-state index is 12.5. The maximum Gasteiger partial charge on any atom is 0.244 e. The minimum Gasteiger partial charge on any atom is -0.432 e. The smallest absolute Gasteiger partial charge is 0.244 e. The molecule has 0 atom stereocenters. The van der Waals surface area contributed by atoms with Crippen molar-refractivity contribution in [2.24, 2.45) is 4.99 Å². The van der Waals surface area contributed by atoms with Gasteiger partial charge in [-0.05, 0) is 26.2 Å². The van der Waals surface area contributed by atoms with Crippen molar-refractivity contribution < 1.29 is 14.0 Å². The van der Waals surface area contributed by atoms with Gasteiger partial charge in [-0.3, -0.25) is 14.6 Å². The van der Waals surface area contributed by atoms with Crippen LogP contribution in [0.2, 0.25) is 0 Å². The van der Waals surface area contributed by atoms with Crippen LogP contribution in [0.25, 0.3) is 11.5 Å². The van der Waals surface area contributed by atoms with Crippen LogP contribution in [0.4, 0.5) is 0 Å². The van der Waals surface area contributed by atoms with E-state index in [9.17, 15) is 9.59 Å². The van der Waals surface area contributed by atoms with E-state index in [-0.39, 0.29) is 41.0 Å². The van der Waals surface area contributed by atoms with Gasteiger partial charge in [-0.2, -0.15) is 0 Å². The second-order valence-electron chi connectivity index (χ2n) is 5.62. The molecule has 1 aromatic heterocycles. The van der Waals surface area contributed by atoms with E-state index < -0.39 is 0 Å². The Morgan fingerprint density at radius 2 is 1.96 bits per heavy atom. The number of hydrogen-bond acceptors (Lipinski definition) is 6. The number of carbonyl (C=O) groups is 2. The summed E-state index contributed by atoms with van der Waals surface area (Å²) in [6.45, 7) is 1.18. The lowest BCUT2D eigenvalue weighted by Gasteiger charge is -2.10. The molecule has 23 heavy (non-hydrogen) atoms. The highest BCUT2D eigenvalue weighted by Gasteiger charge is 2.35. The van der Waals surface area contributed by atoms with Crippen LogP contribution in [0, 0.1) is 0 Å². The van der Waals surface area contributed by atoms with E-state index in [1.807, 2.05) is 49.3 Å². The van der Waals surface area contributed by atoms with Gasteiger partial charge in [-0.25, -0.2) is 4.98 Å². The molecular weight excluding hydrogens is 294 g/mol. The first-order valence-electron chi connectivity index (χ1n) is 7.38. The van der Waals surface area contributed by atoms with Gasteiger partial charge >= 0.3 is 0 Å². The number of hydrogen-bond donors (Lipinski definition) is 0. The number of oxazole rings is 1. The summed E-state index contributed by atoms with van der Waals surface area (Å²) in [7, 11) is 3.85. The molecule has 0 bridgehead atoms. The quantitative estimate of drug-likeness (QED) is 0.864. The van der Waals surface area contributed by atoms with Crippen molar-refractivity contribution in [1.29, 1.82) is 0 Å². The van der Waals surface area contributed by atoms with Crippen LogP contribution in [-0.2, 0) is 0 Å². The largest absolute Gasteiger partial charge is 0.432 e. The molecule has 1 aliphatic carbocycles. The Labute approximate surface area is 133 Å². The number of aromatic nitrogens is 1. The standard InChI is InChI=1S/C17H17N3O3/c1-20(2)9-8-18-12-10-13(21)14-16(15(12)22)23-17(19-14)11-6-4-3-5-7-11/h3-7H,8-10H2,1-2H3. The molecule has 1 aliphatic rings. The Bertz CT molecular complexity index is 776. The summed E-state index contributed by atoms with van der Waals surface area (Å²) >= 11 is 0. The lowest BCUT2D eigenvalue weighted by atomic mass is 9.97. The van der Waals surface area contributed by atoms with Gasteiger partial charge in [-0.15, -0.1) is 0 Å². The van der Waals surface area contributed by atoms with E-state index in [1.54, 1.807) is 0 Å². The second-order valence-corrected chi connectivity index (χ2v) is 5.62. The average Bonchev–Trinajstić information content (AvgIpc) is 2.99. The van der Waals surface area contributed by atoms with Gasteiger partial charge in [0.05, 0.1) is 18.7 Å². The zero-order valence-corrected chi connectivity index (χ0v) is 13.1. The molecule has 0 unspecified atom stereocenters. The first-order valence-corrected chi connectivity index (χ1v) is 7.38. The predicted molar refractivity (Wildman–Crippen MR) is 86.1 cm³/mol. The van der Waals surface area contributed by atoms with Crippen molar-refractivity contribution >= 4 is 17.3 Å². The van der Waals surface area contributed by atoms with Gasteiger partial charge in [0.25, 0.3) is 0 Å². The fourth-order valence-electron chi connectivity index (χ4n) is 2.33. The molecule has 0 radical (unpaired) electrons. The van der Waals surface area contributed by atoms with Crippen molar-refractivity contribution in [2.45, 2.75) is 6.42 Å². The van der Waals surface area contributed by atoms with E-state index in [1.165, 1.54) is 0 Å². The number of ketones is 2. The highest BCUT2D eigenvalue weighted by atomic mass is 16.4. The Morgan fingerprint density at radius 1 is 1.22 bits per heavy atom. The number of likely N-dealkylation sites (N-methyl/N-ethyl adjacent to an activating group) is 1.